The first-order valence-corrected chi connectivity index (χ1v) is 9.66. The third-order valence-corrected chi connectivity index (χ3v) is 5.50. The molecule has 8 heteroatoms. The minimum atomic E-state index is -1.12. The summed E-state index contributed by atoms with van der Waals surface area (Å²) < 4.78 is 0. The Morgan fingerprint density at radius 1 is 1.00 bits per heavy atom. The number of carbonyl (C=O) groups is 3. The van der Waals surface area contributed by atoms with Gasteiger partial charge in [0.1, 0.15) is 0 Å². The van der Waals surface area contributed by atoms with E-state index in [0.717, 1.165) is 25.9 Å². The van der Waals surface area contributed by atoms with Crippen LogP contribution in [-0.4, -0.2) is 59.0 Å². The molecule has 0 aromatic heterocycles. The van der Waals surface area contributed by atoms with Gasteiger partial charge >= 0.3 is 12.0 Å². The zero-order valence-corrected chi connectivity index (χ0v) is 15.8. The molecule has 2 aliphatic heterocycles. The van der Waals surface area contributed by atoms with Crippen molar-refractivity contribution >= 4 is 29.5 Å². The molecule has 2 fully saturated rings. The maximum absolute atomic E-state index is 12.6. The molecular weight excluding hydrogens is 370 g/mol. The number of benzene rings is 1. The van der Waals surface area contributed by atoms with Crippen molar-refractivity contribution in [3.63, 3.8) is 0 Å². The second kappa shape index (κ2) is 8.61. The summed E-state index contributed by atoms with van der Waals surface area (Å²) in [5.74, 6) is -1.69. The lowest BCUT2D eigenvalue weighted by Gasteiger charge is -2.34. The number of aliphatic carboxylic acids is 1. The van der Waals surface area contributed by atoms with Crippen LogP contribution in [-0.2, 0) is 9.59 Å². The van der Waals surface area contributed by atoms with Crippen LogP contribution < -0.4 is 5.32 Å². The molecule has 146 valence electrons. The van der Waals surface area contributed by atoms with E-state index in [9.17, 15) is 19.5 Å². The lowest BCUT2D eigenvalue weighted by molar-refractivity contribution is -0.143. The summed E-state index contributed by atoms with van der Waals surface area (Å²) in [6.07, 6.45) is 3.18. The third kappa shape index (κ3) is 4.71. The topological polar surface area (TPSA) is 90.0 Å². The van der Waals surface area contributed by atoms with Gasteiger partial charge in [0.15, 0.2) is 6.04 Å². The third-order valence-electron chi connectivity index (χ3n) is 5.25. The zero-order valence-electron chi connectivity index (χ0n) is 15.1. The monoisotopic (exact) mass is 393 g/mol. The van der Waals surface area contributed by atoms with Crippen molar-refractivity contribution < 1.29 is 19.5 Å². The predicted octanol–water partition coefficient (Wildman–Crippen LogP) is 2.51. The lowest BCUT2D eigenvalue weighted by atomic mass is 9.95. The Balaban J connectivity index is 1.55. The first kappa shape index (κ1) is 19.5. The maximum atomic E-state index is 12.6. The van der Waals surface area contributed by atoms with Crippen LogP contribution in [0.15, 0.2) is 24.3 Å². The summed E-state index contributed by atoms with van der Waals surface area (Å²) in [7, 11) is 0. The standard InChI is InChI=1S/C19H24ClN3O4/c20-15-5-3-13(4-6-15)16(18(25)26)21-17(24)14-7-11-23(12-8-14)19(27)22-9-1-2-10-22/h3-6,14,16H,1-2,7-12H2,(H,21,24)(H,25,26). The number of rotatable bonds is 4. The SMILES string of the molecule is O=C(NC(C(=O)O)c1ccc(Cl)cc1)C1CCN(C(=O)N2CCCC2)CC1. The minimum Gasteiger partial charge on any atom is -0.479 e. The van der Waals surface area contributed by atoms with Gasteiger partial charge in [-0.2, -0.15) is 0 Å². The Kier molecular flexibility index (Phi) is 6.21. The molecule has 1 aromatic carbocycles. The fourth-order valence-electron chi connectivity index (χ4n) is 3.64. The van der Waals surface area contributed by atoms with Gasteiger partial charge in [0.2, 0.25) is 5.91 Å². The smallest absolute Gasteiger partial charge is 0.330 e. The minimum absolute atomic E-state index is 0.0518. The van der Waals surface area contributed by atoms with E-state index in [2.05, 4.69) is 5.32 Å². The molecule has 0 bridgehead atoms. The van der Waals surface area contributed by atoms with Gasteiger partial charge in [-0.05, 0) is 43.4 Å². The van der Waals surface area contributed by atoms with E-state index in [1.54, 1.807) is 29.2 Å². The second-order valence-corrected chi connectivity index (χ2v) is 7.51. The fourth-order valence-corrected chi connectivity index (χ4v) is 3.77. The number of halogens is 1. The van der Waals surface area contributed by atoms with Crippen molar-refractivity contribution in [2.75, 3.05) is 26.2 Å². The number of carboxylic acids is 1. The molecule has 3 amide bonds. The Hall–Kier alpha value is -2.28. The average molecular weight is 394 g/mol. The Bertz CT molecular complexity index is 695. The van der Waals surface area contributed by atoms with Gasteiger partial charge in [-0.1, -0.05) is 23.7 Å². The molecule has 0 spiro atoms. The Morgan fingerprint density at radius 3 is 2.11 bits per heavy atom. The van der Waals surface area contributed by atoms with Crippen molar-refractivity contribution in [1.82, 2.24) is 15.1 Å². The van der Waals surface area contributed by atoms with Crippen LogP contribution in [0, 0.1) is 5.92 Å². The van der Waals surface area contributed by atoms with Gasteiger partial charge < -0.3 is 20.2 Å². The van der Waals surface area contributed by atoms with Gasteiger partial charge in [0, 0.05) is 37.1 Å². The Labute approximate surface area is 163 Å². The fraction of sp³-hybridized carbons (Fsp3) is 0.526. The molecule has 1 unspecified atom stereocenters. The Morgan fingerprint density at radius 2 is 1.56 bits per heavy atom. The van der Waals surface area contributed by atoms with Crippen LogP contribution in [0.5, 0.6) is 0 Å². The van der Waals surface area contributed by atoms with Crippen LogP contribution >= 0.6 is 11.6 Å². The van der Waals surface area contributed by atoms with Gasteiger partial charge in [0.25, 0.3) is 0 Å². The molecule has 0 radical (unpaired) electrons. The molecule has 2 saturated heterocycles. The van der Waals surface area contributed by atoms with E-state index in [0.29, 0.717) is 36.5 Å². The summed E-state index contributed by atoms with van der Waals surface area (Å²) in [5.41, 5.74) is 0.474. The number of urea groups is 1. The highest BCUT2D eigenvalue weighted by atomic mass is 35.5. The highest BCUT2D eigenvalue weighted by Gasteiger charge is 2.32. The highest BCUT2D eigenvalue weighted by molar-refractivity contribution is 6.30. The van der Waals surface area contributed by atoms with E-state index >= 15 is 0 Å². The van der Waals surface area contributed by atoms with Crippen molar-refractivity contribution in [1.29, 1.82) is 0 Å². The van der Waals surface area contributed by atoms with Crippen LogP contribution in [0.4, 0.5) is 4.79 Å². The van der Waals surface area contributed by atoms with Crippen LogP contribution in [0.1, 0.15) is 37.3 Å². The molecule has 2 N–H and O–H groups in total. The molecule has 0 aliphatic carbocycles. The van der Waals surface area contributed by atoms with Crippen molar-refractivity contribution in [3.8, 4) is 0 Å². The van der Waals surface area contributed by atoms with E-state index in [-0.39, 0.29) is 17.9 Å². The van der Waals surface area contributed by atoms with E-state index in [1.807, 2.05) is 4.90 Å². The van der Waals surface area contributed by atoms with Crippen molar-refractivity contribution in [2.45, 2.75) is 31.7 Å². The van der Waals surface area contributed by atoms with E-state index in [1.165, 1.54) is 0 Å². The number of hydrogen-bond donors (Lipinski definition) is 2. The van der Waals surface area contributed by atoms with Gasteiger partial charge in [-0.15, -0.1) is 0 Å². The van der Waals surface area contributed by atoms with Crippen LogP contribution in [0.25, 0.3) is 0 Å². The zero-order chi connectivity index (χ0) is 19.4. The molecule has 2 heterocycles. The van der Waals surface area contributed by atoms with Crippen molar-refractivity contribution in [3.05, 3.63) is 34.9 Å². The first-order valence-electron chi connectivity index (χ1n) is 9.28. The molecular formula is C19H24ClN3O4. The second-order valence-electron chi connectivity index (χ2n) is 7.07. The summed E-state index contributed by atoms with van der Waals surface area (Å²) in [6, 6.07) is 5.33. The molecule has 3 rings (SSSR count). The number of nitrogens with one attached hydrogen (secondary N) is 1. The van der Waals surface area contributed by atoms with E-state index in [4.69, 9.17) is 11.6 Å². The summed E-state index contributed by atoms with van der Waals surface area (Å²) in [4.78, 5) is 40.2. The number of carbonyl (C=O) groups excluding carboxylic acids is 2. The predicted molar refractivity (Wildman–Crippen MR) is 100 cm³/mol. The maximum Gasteiger partial charge on any atom is 0.330 e. The number of amides is 3. The quantitative estimate of drug-likeness (QED) is 0.822. The number of nitrogens with zero attached hydrogens (tertiary/aromatic N) is 2. The molecule has 7 nitrogen and oxygen atoms in total. The van der Waals surface area contributed by atoms with Gasteiger partial charge in [-0.25, -0.2) is 9.59 Å². The molecule has 1 aromatic rings. The van der Waals surface area contributed by atoms with Gasteiger partial charge in [-0.3, -0.25) is 4.79 Å². The molecule has 1 atom stereocenters. The number of piperidine rings is 1. The first-order chi connectivity index (χ1) is 13.0. The molecule has 0 saturated carbocycles. The summed E-state index contributed by atoms with van der Waals surface area (Å²) in [6.45, 7) is 2.65. The van der Waals surface area contributed by atoms with E-state index < -0.39 is 12.0 Å². The number of likely N-dealkylation sites (tertiary alicyclic amines) is 2. The number of carboxylic acid groups (broad SMARTS) is 1. The molecule has 27 heavy (non-hydrogen) atoms. The largest absolute Gasteiger partial charge is 0.479 e. The van der Waals surface area contributed by atoms with Gasteiger partial charge in [0.05, 0.1) is 0 Å². The highest BCUT2D eigenvalue weighted by Crippen LogP contribution is 2.22. The van der Waals surface area contributed by atoms with Crippen LogP contribution in [0.2, 0.25) is 5.02 Å². The molecule has 2 aliphatic rings. The normalized spacial score (nSPS) is 19.0. The lowest BCUT2D eigenvalue weighted by Crippen LogP contribution is -2.48. The summed E-state index contributed by atoms with van der Waals surface area (Å²) >= 11 is 5.84. The average Bonchev–Trinajstić information content (AvgIpc) is 3.21. The van der Waals surface area contributed by atoms with Crippen LogP contribution in [0.3, 0.4) is 0 Å². The number of hydrogen-bond acceptors (Lipinski definition) is 3. The summed E-state index contributed by atoms with van der Waals surface area (Å²) in [5, 5.41) is 12.6. The van der Waals surface area contributed by atoms with Crippen molar-refractivity contribution in [2.24, 2.45) is 5.92 Å².